The molecule has 112 valence electrons. The smallest absolute Gasteiger partial charge is 0.122 e. The lowest BCUT2D eigenvalue weighted by atomic mass is 9.90. The Balaban J connectivity index is 2.19. The van der Waals surface area contributed by atoms with Crippen molar-refractivity contribution in [2.45, 2.75) is 46.3 Å². The first-order valence-corrected chi connectivity index (χ1v) is 7.76. The average Bonchev–Trinajstić information content (AvgIpc) is 2.47. The van der Waals surface area contributed by atoms with Gasteiger partial charge in [-0.15, -0.1) is 0 Å². The third kappa shape index (κ3) is 4.40. The van der Waals surface area contributed by atoms with E-state index >= 15 is 0 Å². The standard InChI is InChI=1S/C19H26N2/c1-14(2)20-19(18-13-9-8-10-15(18)3)21-16(4)17-11-6-5-7-12-17/h5-9,11-13,15-16,19,21H,10H2,1-4H3. The van der Waals surface area contributed by atoms with Gasteiger partial charge in [-0.2, -0.15) is 0 Å². The molecule has 0 heterocycles. The van der Waals surface area contributed by atoms with Crippen LogP contribution in [0, 0.1) is 5.92 Å². The Labute approximate surface area is 128 Å². The summed E-state index contributed by atoms with van der Waals surface area (Å²) in [7, 11) is 0. The van der Waals surface area contributed by atoms with Crippen molar-refractivity contribution in [3.8, 4) is 0 Å². The molecular formula is C19H26N2. The Morgan fingerprint density at radius 3 is 2.57 bits per heavy atom. The van der Waals surface area contributed by atoms with Gasteiger partial charge in [0.15, 0.2) is 0 Å². The Morgan fingerprint density at radius 2 is 1.95 bits per heavy atom. The molecule has 0 radical (unpaired) electrons. The lowest BCUT2D eigenvalue weighted by molar-refractivity contribution is 0.469. The van der Waals surface area contributed by atoms with E-state index in [9.17, 15) is 0 Å². The van der Waals surface area contributed by atoms with Gasteiger partial charge in [0.05, 0.1) is 0 Å². The van der Waals surface area contributed by atoms with Crippen molar-refractivity contribution >= 4 is 5.71 Å². The number of nitrogens with one attached hydrogen (secondary N) is 1. The number of benzene rings is 1. The summed E-state index contributed by atoms with van der Waals surface area (Å²) in [5.74, 6) is 0.540. The fourth-order valence-corrected chi connectivity index (χ4v) is 2.66. The number of aliphatic imine (C=N–C) groups is 1. The van der Waals surface area contributed by atoms with E-state index in [1.165, 1.54) is 11.1 Å². The van der Waals surface area contributed by atoms with Crippen molar-refractivity contribution in [3.63, 3.8) is 0 Å². The molecule has 0 aromatic heterocycles. The van der Waals surface area contributed by atoms with Crippen LogP contribution in [0.15, 0.2) is 59.1 Å². The van der Waals surface area contributed by atoms with Gasteiger partial charge in [-0.25, -0.2) is 0 Å². The van der Waals surface area contributed by atoms with Crippen LogP contribution in [0.4, 0.5) is 0 Å². The van der Waals surface area contributed by atoms with Crippen LogP contribution in [0.1, 0.15) is 45.7 Å². The van der Waals surface area contributed by atoms with E-state index in [1.54, 1.807) is 0 Å². The van der Waals surface area contributed by atoms with Crippen molar-refractivity contribution < 1.29 is 0 Å². The van der Waals surface area contributed by atoms with Crippen LogP contribution in [0.3, 0.4) is 0 Å². The first kappa shape index (κ1) is 15.7. The second-order valence-corrected chi connectivity index (χ2v) is 6.01. The van der Waals surface area contributed by atoms with E-state index in [0.29, 0.717) is 5.92 Å². The highest BCUT2D eigenvalue weighted by atomic mass is 15.1. The third-order valence-corrected chi connectivity index (χ3v) is 3.89. The summed E-state index contributed by atoms with van der Waals surface area (Å²) >= 11 is 0. The Bertz CT molecular complexity index is 536. The maximum absolute atomic E-state index is 4.82. The summed E-state index contributed by atoms with van der Waals surface area (Å²) in [6, 6.07) is 10.8. The minimum atomic E-state index is 0.0603. The first-order chi connectivity index (χ1) is 10.1. The predicted octanol–water partition coefficient (Wildman–Crippen LogP) is 4.67. The van der Waals surface area contributed by atoms with E-state index in [4.69, 9.17) is 4.99 Å². The molecule has 0 bridgehead atoms. The molecule has 2 nitrogen and oxygen atoms in total. The maximum Gasteiger partial charge on any atom is 0.122 e. The van der Waals surface area contributed by atoms with Crippen molar-refractivity contribution in [3.05, 3.63) is 59.7 Å². The number of hydrogen-bond donors (Lipinski definition) is 1. The van der Waals surface area contributed by atoms with Gasteiger partial charge in [0.1, 0.15) is 6.17 Å². The molecule has 21 heavy (non-hydrogen) atoms. The van der Waals surface area contributed by atoms with Gasteiger partial charge in [-0.3, -0.25) is 10.3 Å². The largest absolute Gasteiger partial charge is 0.286 e. The summed E-state index contributed by atoms with van der Waals surface area (Å²) in [5.41, 5.74) is 3.78. The second kappa shape index (κ2) is 7.37. The Hall–Kier alpha value is -1.67. The van der Waals surface area contributed by atoms with Crippen molar-refractivity contribution in [2.75, 3.05) is 0 Å². The van der Waals surface area contributed by atoms with Crippen LogP contribution in [-0.2, 0) is 0 Å². The van der Waals surface area contributed by atoms with Gasteiger partial charge in [0.25, 0.3) is 0 Å². The van der Waals surface area contributed by atoms with Gasteiger partial charge in [-0.05, 0) is 44.2 Å². The Kier molecular flexibility index (Phi) is 5.51. The maximum atomic E-state index is 4.82. The zero-order chi connectivity index (χ0) is 15.2. The van der Waals surface area contributed by atoms with E-state index in [2.05, 4.69) is 81.6 Å². The quantitative estimate of drug-likeness (QED) is 0.780. The molecule has 2 heteroatoms. The van der Waals surface area contributed by atoms with Gasteiger partial charge in [-0.1, -0.05) is 55.5 Å². The van der Waals surface area contributed by atoms with E-state index in [1.807, 2.05) is 0 Å². The van der Waals surface area contributed by atoms with Crippen LogP contribution in [0.25, 0.3) is 0 Å². The highest BCUT2D eigenvalue weighted by Crippen LogP contribution is 2.25. The molecule has 0 fully saturated rings. The fraction of sp³-hybridized carbons (Fsp3) is 0.421. The predicted molar refractivity (Wildman–Crippen MR) is 91.6 cm³/mol. The first-order valence-electron chi connectivity index (χ1n) is 7.76. The fourth-order valence-electron chi connectivity index (χ4n) is 2.66. The van der Waals surface area contributed by atoms with Crippen LogP contribution in [-0.4, -0.2) is 11.9 Å². The molecule has 0 amide bonds. The molecule has 0 aliphatic heterocycles. The zero-order valence-electron chi connectivity index (χ0n) is 13.5. The second-order valence-electron chi connectivity index (χ2n) is 6.01. The van der Waals surface area contributed by atoms with E-state index in [0.717, 1.165) is 12.1 Å². The number of hydrogen-bond acceptors (Lipinski definition) is 2. The summed E-state index contributed by atoms with van der Waals surface area (Å²) in [4.78, 5) is 4.82. The van der Waals surface area contributed by atoms with Crippen LogP contribution in [0.5, 0.6) is 0 Å². The molecule has 2 rings (SSSR count). The third-order valence-electron chi connectivity index (χ3n) is 3.89. The van der Waals surface area contributed by atoms with Crippen molar-refractivity contribution in [1.82, 2.24) is 5.32 Å². The van der Waals surface area contributed by atoms with Gasteiger partial charge < -0.3 is 0 Å². The lowest BCUT2D eigenvalue weighted by Gasteiger charge is -2.28. The molecule has 1 aliphatic rings. The molecule has 1 aliphatic carbocycles. The monoisotopic (exact) mass is 282 g/mol. The normalized spacial score (nSPS) is 20.6. The summed E-state index contributed by atoms with van der Waals surface area (Å²) in [6.07, 6.45) is 7.76. The van der Waals surface area contributed by atoms with Gasteiger partial charge in [0, 0.05) is 11.8 Å². The van der Waals surface area contributed by atoms with Crippen molar-refractivity contribution in [2.24, 2.45) is 10.9 Å². The minimum Gasteiger partial charge on any atom is -0.286 e. The topological polar surface area (TPSA) is 24.4 Å². The number of nitrogens with zero attached hydrogens (tertiary/aromatic N) is 1. The average molecular weight is 282 g/mol. The molecular weight excluding hydrogens is 256 g/mol. The van der Waals surface area contributed by atoms with Crippen LogP contribution in [0.2, 0.25) is 0 Å². The number of rotatable bonds is 5. The zero-order valence-corrected chi connectivity index (χ0v) is 13.5. The molecule has 0 spiro atoms. The summed E-state index contributed by atoms with van der Waals surface area (Å²) in [6.45, 7) is 8.60. The SMILES string of the molecule is CC(C)=NC(NC(C)c1ccccc1)C1=CC=CCC1C. The van der Waals surface area contributed by atoms with Crippen LogP contribution >= 0.6 is 0 Å². The molecule has 0 saturated heterocycles. The Morgan fingerprint density at radius 1 is 1.24 bits per heavy atom. The molecule has 1 N–H and O–H groups in total. The molecule has 1 aromatic carbocycles. The summed E-state index contributed by atoms with van der Waals surface area (Å²) < 4.78 is 0. The summed E-state index contributed by atoms with van der Waals surface area (Å²) in [5, 5.41) is 3.68. The number of allylic oxidation sites excluding steroid dienone is 3. The molecule has 1 aromatic rings. The highest BCUT2D eigenvalue weighted by molar-refractivity contribution is 5.79. The van der Waals surface area contributed by atoms with Gasteiger partial charge in [0.2, 0.25) is 0 Å². The van der Waals surface area contributed by atoms with Crippen LogP contribution < -0.4 is 5.32 Å². The van der Waals surface area contributed by atoms with Gasteiger partial charge >= 0.3 is 0 Å². The van der Waals surface area contributed by atoms with E-state index in [-0.39, 0.29) is 12.2 Å². The molecule has 3 atom stereocenters. The molecule has 3 unspecified atom stereocenters. The minimum absolute atomic E-state index is 0.0603. The van der Waals surface area contributed by atoms with E-state index < -0.39 is 0 Å². The van der Waals surface area contributed by atoms with Crippen molar-refractivity contribution in [1.29, 1.82) is 0 Å². The lowest BCUT2D eigenvalue weighted by Crippen LogP contribution is -2.34. The molecule has 0 saturated carbocycles. The highest BCUT2D eigenvalue weighted by Gasteiger charge is 2.21.